The average Bonchev–Trinajstić information content (AvgIpc) is 3.11. The molecule has 1 saturated carbocycles. The molecule has 0 aromatic heterocycles. The molecule has 0 amide bonds. The van der Waals surface area contributed by atoms with Crippen molar-refractivity contribution >= 4 is 26.0 Å². The van der Waals surface area contributed by atoms with E-state index in [9.17, 15) is 12.8 Å². The van der Waals surface area contributed by atoms with Crippen LogP contribution in [0, 0.1) is 11.7 Å². The zero-order valence-electron chi connectivity index (χ0n) is 10.2. The van der Waals surface area contributed by atoms with Gasteiger partial charge in [0.25, 0.3) is 0 Å². The van der Waals surface area contributed by atoms with Crippen molar-refractivity contribution in [2.24, 2.45) is 5.92 Å². The van der Waals surface area contributed by atoms with Gasteiger partial charge in [0.2, 0.25) is 10.0 Å². The largest absolute Gasteiger partial charge is 0.380 e. The van der Waals surface area contributed by atoms with Gasteiger partial charge in [0, 0.05) is 17.6 Å². The Kier molecular flexibility index (Phi) is 4.94. The highest BCUT2D eigenvalue weighted by Gasteiger charge is 2.21. The molecule has 0 radical (unpaired) electrons. The Morgan fingerprint density at radius 2 is 2.16 bits per heavy atom. The summed E-state index contributed by atoms with van der Waals surface area (Å²) in [6.45, 7) is 1.25. The maximum Gasteiger partial charge on any atom is 0.241 e. The molecule has 1 aliphatic carbocycles. The van der Waals surface area contributed by atoms with Crippen LogP contribution in [-0.4, -0.2) is 28.2 Å². The highest BCUT2D eigenvalue weighted by atomic mass is 79.9. The summed E-state index contributed by atoms with van der Waals surface area (Å²) in [7, 11) is -3.64. The first-order chi connectivity index (χ1) is 8.99. The summed E-state index contributed by atoms with van der Waals surface area (Å²) in [4.78, 5) is 0.0242. The summed E-state index contributed by atoms with van der Waals surface area (Å²) < 4.78 is 44.8. The van der Waals surface area contributed by atoms with E-state index in [1.54, 1.807) is 0 Å². The van der Waals surface area contributed by atoms with Gasteiger partial charge < -0.3 is 4.74 Å². The Bertz CT molecular complexity index is 546. The lowest BCUT2D eigenvalue weighted by atomic mass is 10.3. The van der Waals surface area contributed by atoms with Crippen LogP contribution in [0.15, 0.2) is 27.6 Å². The molecule has 7 heteroatoms. The minimum atomic E-state index is -3.64. The van der Waals surface area contributed by atoms with Crippen molar-refractivity contribution in [1.29, 1.82) is 0 Å². The van der Waals surface area contributed by atoms with E-state index in [4.69, 9.17) is 4.74 Å². The minimum absolute atomic E-state index is 0.0242. The molecule has 0 unspecified atom stereocenters. The molecule has 0 atom stereocenters. The van der Waals surface area contributed by atoms with Gasteiger partial charge in [-0.15, -0.1) is 0 Å². The van der Waals surface area contributed by atoms with E-state index in [-0.39, 0.29) is 15.9 Å². The van der Waals surface area contributed by atoms with Crippen molar-refractivity contribution in [3.05, 3.63) is 28.5 Å². The first kappa shape index (κ1) is 14.9. The average molecular weight is 352 g/mol. The molecule has 19 heavy (non-hydrogen) atoms. The van der Waals surface area contributed by atoms with Crippen LogP contribution in [0.5, 0.6) is 0 Å². The predicted octanol–water partition coefficient (Wildman–Crippen LogP) is 2.29. The standard InChI is InChI=1S/C12H15BrFNO3S/c13-11-7-10(14)3-4-12(11)19(16,17)15-5-6-18-8-9-1-2-9/h3-4,7,9,15H,1-2,5-6,8H2. The Labute approximate surface area is 120 Å². The molecule has 0 bridgehead atoms. The molecule has 2 rings (SSSR count). The van der Waals surface area contributed by atoms with Crippen molar-refractivity contribution in [2.45, 2.75) is 17.7 Å². The Morgan fingerprint density at radius 3 is 2.79 bits per heavy atom. The highest BCUT2D eigenvalue weighted by Crippen LogP contribution is 2.28. The number of halogens is 2. The predicted molar refractivity (Wildman–Crippen MR) is 72.8 cm³/mol. The van der Waals surface area contributed by atoms with Gasteiger partial charge >= 0.3 is 0 Å². The first-order valence-corrected chi connectivity index (χ1v) is 8.29. The maximum atomic E-state index is 12.9. The molecule has 0 saturated heterocycles. The molecule has 106 valence electrons. The zero-order valence-corrected chi connectivity index (χ0v) is 12.6. The van der Waals surface area contributed by atoms with Crippen molar-refractivity contribution in [1.82, 2.24) is 4.72 Å². The molecular weight excluding hydrogens is 337 g/mol. The zero-order chi connectivity index (χ0) is 13.9. The van der Waals surface area contributed by atoms with Crippen molar-refractivity contribution in [3.8, 4) is 0 Å². The number of ether oxygens (including phenoxy) is 1. The van der Waals surface area contributed by atoms with E-state index >= 15 is 0 Å². The second-order valence-corrected chi connectivity index (χ2v) is 7.08. The van der Waals surface area contributed by atoms with Crippen LogP contribution >= 0.6 is 15.9 Å². The number of rotatable bonds is 7. The normalized spacial score (nSPS) is 15.7. The summed E-state index contributed by atoms with van der Waals surface area (Å²) >= 11 is 3.04. The van der Waals surface area contributed by atoms with E-state index < -0.39 is 15.8 Å². The first-order valence-electron chi connectivity index (χ1n) is 6.01. The lowest BCUT2D eigenvalue weighted by Gasteiger charge is -2.09. The molecule has 0 heterocycles. The van der Waals surface area contributed by atoms with Gasteiger partial charge in [-0.05, 0) is 52.9 Å². The van der Waals surface area contributed by atoms with Crippen LogP contribution in [-0.2, 0) is 14.8 Å². The molecule has 1 aromatic rings. The highest BCUT2D eigenvalue weighted by molar-refractivity contribution is 9.10. The number of benzene rings is 1. The Morgan fingerprint density at radius 1 is 1.42 bits per heavy atom. The lowest BCUT2D eigenvalue weighted by molar-refractivity contribution is 0.129. The number of sulfonamides is 1. The van der Waals surface area contributed by atoms with Gasteiger partial charge in [-0.25, -0.2) is 17.5 Å². The molecule has 4 nitrogen and oxygen atoms in total. The minimum Gasteiger partial charge on any atom is -0.380 e. The smallest absolute Gasteiger partial charge is 0.241 e. The molecule has 1 aliphatic rings. The fourth-order valence-corrected chi connectivity index (χ4v) is 3.61. The van der Waals surface area contributed by atoms with E-state index in [1.165, 1.54) is 18.9 Å². The molecule has 1 N–H and O–H groups in total. The van der Waals surface area contributed by atoms with E-state index in [0.717, 1.165) is 12.1 Å². The quantitative estimate of drug-likeness (QED) is 0.766. The fraction of sp³-hybridized carbons (Fsp3) is 0.500. The van der Waals surface area contributed by atoms with Gasteiger partial charge in [0.1, 0.15) is 5.82 Å². The molecule has 1 fully saturated rings. The monoisotopic (exact) mass is 351 g/mol. The molecule has 1 aromatic carbocycles. The Balaban J connectivity index is 1.86. The summed E-state index contributed by atoms with van der Waals surface area (Å²) in [5, 5.41) is 0. The molecule has 0 aliphatic heterocycles. The van der Waals surface area contributed by atoms with Crippen LogP contribution in [0.25, 0.3) is 0 Å². The van der Waals surface area contributed by atoms with Gasteiger partial charge in [-0.2, -0.15) is 0 Å². The van der Waals surface area contributed by atoms with Crippen LogP contribution in [0.2, 0.25) is 0 Å². The third-order valence-electron chi connectivity index (χ3n) is 2.77. The van der Waals surface area contributed by atoms with Crippen molar-refractivity contribution in [2.75, 3.05) is 19.8 Å². The summed E-state index contributed by atoms with van der Waals surface area (Å²) in [6, 6.07) is 3.47. The number of nitrogens with one attached hydrogen (secondary N) is 1. The lowest BCUT2D eigenvalue weighted by Crippen LogP contribution is -2.28. The van der Waals surface area contributed by atoms with Crippen molar-refractivity contribution < 1.29 is 17.5 Å². The summed E-state index contributed by atoms with van der Waals surface area (Å²) in [5.74, 6) is 0.168. The van der Waals surface area contributed by atoms with Crippen molar-refractivity contribution in [3.63, 3.8) is 0 Å². The topological polar surface area (TPSA) is 55.4 Å². The van der Waals surface area contributed by atoms with E-state index in [1.807, 2.05) is 0 Å². The summed E-state index contributed by atoms with van der Waals surface area (Å²) in [6.07, 6.45) is 2.41. The van der Waals surface area contributed by atoms with E-state index in [2.05, 4.69) is 20.7 Å². The van der Waals surface area contributed by atoms with E-state index in [0.29, 0.717) is 19.1 Å². The van der Waals surface area contributed by atoms with Gasteiger partial charge in [0.05, 0.1) is 11.5 Å². The second-order valence-electron chi connectivity index (χ2n) is 4.49. The molecule has 0 spiro atoms. The maximum absolute atomic E-state index is 12.9. The van der Waals surface area contributed by atoms with Gasteiger partial charge in [-0.1, -0.05) is 0 Å². The summed E-state index contributed by atoms with van der Waals surface area (Å²) in [5.41, 5.74) is 0. The SMILES string of the molecule is O=S(=O)(NCCOCC1CC1)c1ccc(F)cc1Br. The third-order valence-corrected chi connectivity index (χ3v) is 5.21. The number of hydrogen-bond acceptors (Lipinski definition) is 3. The second kappa shape index (κ2) is 6.30. The van der Waals surface area contributed by atoms with Crippen LogP contribution in [0.4, 0.5) is 4.39 Å². The van der Waals surface area contributed by atoms with Crippen LogP contribution in [0.3, 0.4) is 0 Å². The van der Waals surface area contributed by atoms with Crippen LogP contribution < -0.4 is 4.72 Å². The fourth-order valence-electron chi connectivity index (χ4n) is 1.55. The van der Waals surface area contributed by atoms with Gasteiger partial charge in [0.15, 0.2) is 0 Å². The molecular formula is C12H15BrFNO3S. The Hall–Kier alpha value is -0.500. The number of hydrogen-bond donors (Lipinski definition) is 1. The third kappa shape index (κ3) is 4.52. The van der Waals surface area contributed by atoms with Gasteiger partial charge in [-0.3, -0.25) is 0 Å². The van der Waals surface area contributed by atoms with Crippen LogP contribution in [0.1, 0.15) is 12.8 Å².